The number of aliphatic carboxylic acids is 1. The molecule has 10 heteroatoms. The molecular weight excluding hydrogens is 552 g/mol. The second kappa shape index (κ2) is 15.2. The Balaban J connectivity index is 1.21. The lowest BCUT2D eigenvalue weighted by Gasteiger charge is -2.41. The van der Waals surface area contributed by atoms with Crippen molar-refractivity contribution in [3.05, 3.63) is 65.2 Å². The molecule has 234 valence electrons. The van der Waals surface area contributed by atoms with Crippen LogP contribution in [-0.2, 0) is 35.1 Å². The second-order valence-electron chi connectivity index (χ2n) is 11.7. The summed E-state index contributed by atoms with van der Waals surface area (Å²) in [7, 11) is 0. The number of piperidine rings is 1. The van der Waals surface area contributed by atoms with Gasteiger partial charge in [0, 0.05) is 63.0 Å². The van der Waals surface area contributed by atoms with Crippen molar-refractivity contribution in [2.24, 2.45) is 0 Å². The highest BCUT2D eigenvalue weighted by Crippen LogP contribution is 2.39. The number of likely N-dealkylation sites (tertiary alicyclic amines) is 1. The summed E-state index contributed by atoms with van der Waals surface area (Å²) in [5.41, 5.74) is 3.41. The first-order chi connectivity index (χ1) is 20.9. The lowest BCUT2D eigenvalue weighted by molar-refractivity contribution is -0.255. The Hall–Kier alpha value is -2.86. The monoisotopic (exact) mass is 596 g/mol. The van der Waals surface area contributed by atoms with Crippen LogP contribution in [0.15, 0.2) is 48.5 Å². The molecule has 2 aromatic rings. The number of unbranched alkanes of at least 4 members (excludes halogenated alkanes) is 3. The largest absolute Gasteiger partial charge is 0.481 e. The van der Waals surface area contributed by atoms with E-state index in [1.165, 1.54) is 0 Å². The van der Waals surface area contributed by atoms with Gasteiger partial charge in [0.05, 0.1) is 32.0 Å². The summed E-state index contributed by atoms with van der Waals surface area (Å²) in [6.07, 6.45) is 5.05. The first-order valence-electron chi connectivity index (χ1n) is 15.5. The number of hydrogen-bond donors (Lipinski definition) is 3. The van der Waals surface area contributed by atoms with Crippen LogP contribution in [0.25, 0.3) is 0 Å². The van der Waals surface area contributed by atoms with Crippen LogP contribution in [0.2, 0.25) is 0 Å². The first kappa shape index (κ1) is 31.6. The van der Waals surface area contributed by atoms with Crippen molar-refractivity contribution in [2.75, 3.05) is 38.2 Å². The number of rotatable bonds is 13. The van der Waals surface area contributed by atoms with Gasteiger partial charge in [-0.2, -0.15) is 0 Å². The fourth-order valence-electron chi connectivity index (χ4n) is 6.08. The maximum Gasteiger partial charge on any atom is 0.303 e. The summed E-state index contributed by atoms with van der Waals surface area (Å²) in [6.45, 7) is 3.84. The minimum Gasteiger partial charge on any atom is -0.481 e. The zero-order valence-corrected chi connectivity index (χ0v) is 24.7. The summed E-state index contributed by atoms with van der Waals surface area (Å²) < 4.78 is 24.9. The fraction of sp³-hybridized carbons (Fsp3) is 0.576. The number of aliphatic hydroxyl groups is 1. The molecule has 0 bridgehead atoms. The van der Waals surface area contributed by atoms with Gasteiger partial charge in [0.25, 0.3) is 0 Å². The molecule has 43 heavy (non-hydrogen) atoms. The number of amides is 1. The number of carbonyl (C=O) groups excluding carboxylic acids is 1. The third-order valence-electron chi connectivity index (χ3n) is 8.50. The average Bonchev–Trinajstić information content (AvgIpc) is 3.48. The highest BCUT2D eigenvalue weighted by Gasteiger charge is 2.41. The predicted octanol–water partition coefficient (Wildman–Crippen LogP) is 4.93. The van der Waals surface area contributed by atoms with Gasteiger partial charge in [-0.25, -0.2) is 0 Å². The number of benzene rings is 2. The Kier molecular flexibility index (Phi) is 11.2. The lowest BCUT2D eigenvalue weighted by atomic mass is 9.98. The van der Waals surface area contributed by atoms with Gasteiger partial charge in [0.1, 0.15) is 0 Å². The number of hydrogen-bond acceptors (Lipinski definition) is 8. The third kappa shape index (κ3) is 9.07. The molecule has 3 saturated heterocycles. The van der Waals surface area contributed by atoms with E-state index in [0.29, 0.717) is 44.6 Å². The molecule has 5 rings (SSSR count). The van der Waals surface area contributed by atoms with Crippen LogP contribution in [0.1, 0.15) is 86.9 Å². The topological polar surface area (TPSA) is 127 Å². The molecular formula is C33H44N2O8. The molecule has 0 unspecified atom stereocenters. The molecule has 1 amide bonds. The van der Waals surface area contributed by atoms with Crippen molar-refractivity contribution < 1.29 is 38.7 Å². The molecule has 0 aliphatic carbocycles. The van der Waals surface area contributed by atoms with Gasteiger partial charge in [-0.15, -0.1) is 0 Å². The Morgan fingerprint density at radius 3 is 2.33 bits per heavy atom. The zero-order valence-electron chi connectivity index (χ0n) is 24.7. The van der Waals surface area contributed by atoms with E-state index in [0.717, 1.165) is 62.0 Å². The highest BCUT2D eigenvalue weighted by atomic mass is 16.7. The quantitative estimate of drug-likeness (QED) is 0.276. The van der Waals surface area contributed by atoms with Gasteiger partial charge in [-0.1, -0.05) is 49.2 Å². The van der Waals surface area contributed by atoms with Crippen molar-refractivity contribution in [3.8, 4) is 0 Å². The smallest absolute Gasteiger partial charge is 0.303 e. The van der Waals surface area contributed by atoms with E-state index < -0.39 is 18.0 Å². The lowest BCUT2D eigenvalue weighted by Crippen LogP contribution is -2.48. The third-order valence-corrected chi connectivity index (χ3v) is 8.50. The van der Waals surface area contributed by atoms with Gasteiger partial charge in [0.2, 0.25) is 5.91 Å². The maximum atomic E-state index is 12.6. The van der Waals surface area contributed by atoms with Crippen LogP contribution in [0.4, 0.5) is 5.69 Å². The van der Waals surface area contributed by atoms with E-state index in [1.54, 1.807) is 0 Å². The van der Waals surface area contributed by atoms with Crippen molar-refractivity contribution in [1.82, 2.24) is 4.90 Å². The Morgan fingerprint density at radius 1 is 0.907 bits per heavy atom. The SMILES string of the molecule is O=C(O)CCCCCCC(=O)Nc1cccc([C@@H]2O[C@H](CN3CCC4(CC3)OCCO4)C[C@H](c3ccc(CO)cc3)O2)c1. The van der Waals surface area contributed by atoms with E-state index >= 15 is 0 Å². The van der Waals surface area contributed by atoms with Crippen LogP contribution in [-0.4, -0.2) is 71.7 Å². The number of carboxylic acids is 1. The summed E-state index contributed by atoms with van der Waals surface area (Å²) in [5.74, 6) is -1.27. The minimum absolute atomic E-state index is 0.00667. The standard InChI is InChI=1S/C33H44N2O8/c36-23-24-10-12-25(13-11-24)29-21-28(22-35-16-14-33(15-17-35)40-18-19-41-33)42-32(43-29)26-6-5-7-27(20-26)34-30(37)8-3-1-2-4-9-31(38)39/h5-7,10-13,20,28-29,32,36H,1-4,8-9,14-19,21-23H2,(H,34,37)(H,38,39)/t28-,29+,32+/m0/s1. The minimum atomic E-state index is -0.783. The number of carboxylic acid groups (broad SMARTS) is 1. The van der Waals surface area contributed by atoms with E-state index in [2.05, 4.69) is 10.2 Å². The molecule has 1 spiro atoms. The molecule has 0 radical (unpaired) electrons. The van der Waals surface area contributed by atoms with E-state index in [9.17, 15) is 14.7 Å². The molecule has 3 atom stereocenters. The van der Waals surface area contributed by atoms with Crippen molar-refractivity contribution in [3.63, 3.8) is 0 Å². The van der Waals surface area contributed by atoms with Crippen molar-refractivity contribution in [2.45, 2.75) is 88.7 Å². The first-order valence-corrected chi connectivity index (χ1v) is 15.5. The Labute approximate surface area is 253 Å². The van der Waals surface area contributed by atoms with Crippen LogP contribution in [0.3, 0.4) is 0 Å². The van der Waals surface area contributed by atoms with E-state index in [1.807, 2.05) is 48.5 Å². The normalized spacial score (nSPS) is 23.8. The fourth-order valence-corrected chi connectivity index (χ4v) is 6.08. The van der Waals surface area contributed by atoms with Gasteiger partial charge in [-0.3, -0.25) is 9.59 Å². The molecule has 3 aliphatic rings. The molecule has 3 N–H and O–H groups in total. The number of carbonyl (C=O) groups is 2. The van der Waals surface area contributed by atoms with Crippen LogP contribution < -0.4 is 5.32 Å². The molecule has 3 fully saturated rings. The van der Waals surface area contributed by atoms with Crippen molar-refractivity contribution in [1.29, 1.82) is 0 Å². The summed E-state index contributed by atoms with van der Waals surface area (Å²) in [5, 5.41) is 21.2. The second-order valence-corrected chi connectivity index (χ2v) is 11.7. The summed E-state index contributed by atoms with van der Waals surface area (Å²) in [6, 6.07) is 15.5. The number of nitrogens with zero attached hydrogens (tertiary/aromatic N) is 1. The average molecular weight is 597 g/mol. The molecule has 10 nitrogen and oxygen atoms in total. The Bertz CT molecular complexity index is 1190. The molecule has 3 aliphatic heterocycles. The Morgan fingerprint density at radius 2 is 1.63 bits per heavy atom. The summed E-state index contributed by atoms with van der Waals surface area (Å²) in [4.78, 5) is 25.6. The number of nitrogens with one attached hydrogen (secondary N) is 1. The van der Waals surface area contributed by atoms with Crippen LogP contribution in [0, 0.1) is 0 Å². The van der Waals surface area contributed by atoms with Crippen LogP contribution >= 0.6 is 0 Å². The van der Waals surface area contributed by atoms with Gasteiger partial charge in [-0.05, 0) is 36.1 Å². The van der Waals surface area contributed by atoms with Crippen LogP contribution in [0.5, 0.6) is 0 Å². The van der Waals surface area contributed by atoms with Gasteiger partial charge >= 0.3 is 5.97 Å². The van der Waals surface area contributed by atoms with Crippen molar-refractivity contribution >= 4 is 17.6 Å². The van der Waals surface area contributed by atoms with E-state index in [4.69, 9.17) is 24.1 Å². The number of anilines is 1. The highest BCUT2D eigenvalue weighted by molar-refractivity contribution is 5.90. The van der Waals surface area contributed by atoms with Gasteiger partial charge in [0.15, 0.2) is 12.1 Å². The molecule has 0 saturated carbocycles. The van der Waals surface area contributed by atoms with E-state index in [-0.39, 0.29) is 31.1 Å². The summed E-state index contributed by atoms with van der Waals surface area (Å²) >= 11 is 0. The molecule has 2 aromatic carbocycles. The molecule has 3 heterocycles. The predicted molar refractivity (Wildman–Crippen MR) is 159 cm³/mol. The zero-order chi connectivity index (χ0) is 30.1. The number of ether oxygens (including phenoxy) is 4. The molecule has 0 aromatic heterocycles. The van der Waals surface area contributed by atoms with Gasteiger partial charge < -0.3 is 39.4 Å². The maximum absolute atomic E-state index is 12.6. The number of aliphatic hydroxyl groups excluding tert-OH is 1.